The molecule has 1 aliphatic heterocycles. The molecule has 1 spiro atoms. The van der Waals surface area contributed by atoms with Crippen LogP contribution < -0.4 is 5.73 Å². The first-order chi connectivity index (χ1) is 9.83. The number of halogens is 3. The maximum Gasteiger partial charge on any atom is 0.391 e. The number of hydrogen-bond donors (Lipinski definition) is 1. The standard InChI is InChI=1S/C16H26F3NO/c17-16(18,19)12-3-8-15(20,9-4-12)13-5-10-21-14(11-13)6-1-2-7-14/h12-13H,1-11,20H2. The first-order valence-corrected chi connectivity index (χ1v) is 8.33. The van der Waals surface area contributed by atoms with Crippen molar-refractivity contribution in [2.75, 3.05) is 6.61 Å². The van der Waals surface area contributed by atoms with Crippen molar-refractivity contribution >= 4 is 0 Å². The van der Waals surface area contributed by atoms with E-state index in [0.29, 0.717) is 18.8 Å². The molecule has 2 aliphatic carbocycles. The third-order valence-electron chi connectivity index (χ3n) is 6.20. The van der Waals surface area contributed by atoms with Crippen LogP contribution in [0.3, 0.4) is 0 Å². The molecular weight excluding hydrogens is 279 g/mol. The summed E-state index contributed by atoms with van der Waals surface area (Å²) in [6.45, 7) is 0.728. The first-order valence-electron chi connectivity index (χ1n) is 8.33. The molecule has 3 aliphatic rings. The summed E-state index contributed by atoms with van der Waals surface area (Å²) in [5.41, 5.74) is 6.16. The second-order valence-corrected chi connectivity index (χ2v) is 7.48. The molecule has 0 radical (unpaired) electrons. The Labute approximate surface area is 124 Å². The van der Waals surface area contributed by atoms with Gasteiger partial charge >= 0.3 is 6.18 Å². The molecule has 0 bridgehead atoms. The molecule has 2 saturated carbocycles. The van der Waals surface area contributed by atoms with Crippen molar-refractivity contribution < 1.29 is 17.9 Å². The van der Waals surface area contributed by atoms with Crippen molar-refractivity contribution in [2.45, 2.75) is 81.5 Å². The Morgan fingerprint density at radius 1 is 0.952 bits per heavy atom. The molecule has 0 amide bonds. The van der Waals surface area contributed by atoms with E-state index in [4.69, 9.17) is 10.5 Å². The minimum absolute atomic E-state index is 0.00381. The number of nitrogens with two attached hydrogens (primary N) is 1. The normalized spacial score (nSPS) is 40.6. The third-order valence-corrected chi connectivity index (χ3v) is 6.20. The molecule has 0 aromatic carbocycles. The van der Waals surface area contributed by atoms with Crippen molar-refractivity contribution in [1.82, 2.24) is 0 Å². The van der Waals surface area contributed by atoms with Gasteiger partial charge in [-0.3, -0.25) is 0 Å². The summed E-state index contributed by atoms with van der Waals surface area (Å²) in [6.07, 6.45) is 3.86. The summed E-state index contributed by atoms with van der Waals surface area (Å²) in [5, 5.41) is 0. The summed E-state index contributed by atoms with van der Waals surface area (Å²) >= 11 is 0. The van der Waals surface area contributed by atoms with Crippen LogP contribution in [0, 0.1) is 11.8 Å². The van der Waals surface area contributed by atoms with E-state index in [1.54, 1.807) is 0 Å². The van der Waals surface area contributed by atoms with Gasteiger partial charge < -0.3 is 10.5 Å². The smallest absolute Gasteiger partial charge is 0.375 e. The van der Waals surface area contributed by atoms with E-state index in [1.807, 2.05) is 0 Å². The number of rotatable bonds is 1. The van der Waals surface area contributed by atoms with Gasteiger partial charge in [0.2, 0.25) is 0 Å². The predicted octanol–water partition coefficient (Wildman–Crippen LogP) is 4.18. The topological polar surface area (TPSA) is 35.2 Å². The van der Waals surface area contributed by atoms with Gasteiger partial charge in [0.25, 0.3) is 0 Å². The van der Waals surface area contributed by atoms with Gasteiger partial charge in [-0.2, -0.15) is 13.2 Å². The molecule has 1 atom stereocenters. The molecule has 2 nitrogen and oxygen atoms in total. The van der Waals surface area contributed by atoms with E-state index in [1.165, 1.54) is 12.8 Å². The van der Waals surface area contributed by atoms with Gasteiger partial charge in [0, 0.05) is 12.1 Å². The molecule has 3 rings (SSSR count). The van der Waals surface area contributed by atoms with Crippen LogP contribution >= 0.6 is 0 Å². The summed E-state index contributed by atoms with van der Waals surface area (Å²) < 4.78 is 44.5. The summed E-state index contributed by atoms with van der Waals surface area (Å²) in [7, 11) is 0. The van der Waals surface area contributed by atoms with Crippen LogP contribution in [-0.2, 0) is 4.74 Å². The van der Waals surface area contributed by atoms with Crippen LogP contribution in [0.1, 0.15) is 64.2 Å². The third kappa shape index (κ3) is 3.09. The summed E-state index contributed by atoms with van der Waals surface area (Å²) in [4.78, 5) is 0. The maximum absolute atomic E-state index is 12.8. The highest BCUT2D eigenvalue weighted by Crippen LogP contribution is 2.49. The van der Waals surface area contributed by atoms with Crippen molar-refractivity contribution in [2.24, 2.45) is 17.6 Å². The lowest BCUT2D eigenvalue weighted by atomic mass is 9.65. The maximum atomic E-state index is 12.8. The van der Waals surface area contributed by atoms with E-state index >= 15 is 0 Å². The van der Waals surface area contributed by atoms with Crippen LogP contribution in [0.25, 0.3) is 0 Å². The summed E-state index contributed by atoms with van der Waals surface area (Å²) in [6, 6.07) is 0. The Kier molecular flexibility index (Phi) is 4.02. The molecule has 21 heavy (non-hydrogen) atoms. The zero-order valence-corrected chi connectivity index (χ0v) is 12.6. The van der Waals surface area contributed by atoms with Crippen LogP contribution in [0.15, 0.2) is 0 Å². The van der Waals surface area contributed by atoms with Gasteiger partial charge in [-0.25, -0.2) is 0 Å². The van der Waals surface area contributed by atoms with Gasteiger partial charge in [0.1, 0.15) is 0 Å². The van der Waals surface area contributed by atoms with E-state index < -0.39 is 17.6 Å². The van der Waals surface area contributed by atoms with Crippen LogP contribution in [0.4, 0.5) is 13.2 Å². The SMILES string of the molecule is NC1(C2CCOC3(CCCC3)C2)CCC(C(F)(F)F)CC1. The van der Waals surface area contributed by atoms with Gasteiger partial charge in [0.05, 0.1) is 11.5 Å². The van der Waals surface area contributed by atoms with E-state index in [2.05, 4.69) is 0 Å². The fraction of sp³-hybridized carbons (Fsp3) is 1.00. The Morgan fingerprint density at radius 2 is 1.57 bits per heavy atom. The zero-order chi connectivity index (χ0) is 15.1. The van der Waals surface area contributed by atoms with Gasteiger partial charge in [-0.05, 0) is 57.3 Å². The summed E-state index contributed by atoms with van der Waals surface area (Å²) in [5.74, 6) is -0.812. The molecule has 1 unspecified atom stereocenters. The number of alkyl halides is 3. The lowest BCUT2D eigenvalue weighted by molar-refractivity contribution is -0.188. The van der Waals surface area contributed by atoms with Crippen LogP contribution in [0.2, 0.25) is 0 Å². The largest absolute Gasteiger partial charge is 0.391 e. The van der Waals surface area contributed by atoms with Gasteiger partial charge in [0.15, 0.2) is 0 Å². The van der Waals surface area contributed by atoms with Crippen molar-refractivity contribution in [3.05, 3.63) is 0 Å². The number of hydrogen-bond acceptors (Lipinski definition) is 2. The number of ether oxygens (including phenoxy) is 1. The predicted molar refractivity (Wildman–Crippen MR) is 74.8 cm³/mol. The van der Waals surface area contributed by atoms with Crippen molar-refractivity contribution in [1.29, 1.82) is 0 Å². The van der Waals surface area contributed by atoms with Gasteiger partial charge in [-0.1, -0.05) is 12.8 Å². The molecule has 1 heterocycles. The molecular formula is C16H26F3NO. The zero-order valence-electron chi connectivity index (χ0n) is 12.6. The van der Waals surface area contributed by atoms with Crippen LogP contribution in [0.5, 0.6) is 0 Å². The molecule has 0 aromatic heterocycles. The Morgan fingerprint density at radius 3 is 2.14 bits per heavy atom. The highest BCUT2D eigenvalue weighted by Gasteiger charge is 2.50. The van der Waals surface area contributed by atoms with Crippen molar-refractivity contribution in [3.8, 4) is 0 Å². The van der Waals surface area contributed by atoms with Gasteiger partial charge in [-0.15, -0.1) is 0 Å². The Balaban J connectivity index is 1.63. The highest BCUT2D eigenvalue weighted by atomic mass is 19.4. The molecule has 2 N–H and O–H groups in total. The fourth-order valence-corrected chi connectivity index (χ4v) is 4.78. The quantitative estimate of drug-likeness (QED) is 0.789. The first kappa shape index (κ1) is 15.6. The lowest BCUT2D eigenvalue weighted by Crippen LogP contribution is -2.55. The average molecular weight is 305 g/mol. The van der Waals surface area contributed by atoms with E-state index in [9.17, 15) is 13.2 Å². The molecule has 3 fully saturated rings. The second kappa shape index (κ2) is 5.41. The van der Waals surface area contributed by atoms with E-state index in [0.717, 1.165) is 32.3 Å². The molecule has 1 saturated heterocycles. The molecule has 5 heteroatoms. The second-order valence-electron chi connectivity index (χ2n) is 7.48. The fourth-order valence-electron chi connectivity index (χ4n) is 4.78. The van der Waals surface area contributed by atoms with Crippen molar-refractivity contribution in [3.63, 3.8) is 0 Å². The monoisotopic (exact) mass is 305 g/mol. The Hall–Kier alpha value is -0.290. The molecule has 0 aromatic rings. The lowest BCUT2D eigenvalue weighted by Gasteiger charge is -2.49. The average Bonchev–Trinajstić information content (AvgIpc) is 2.86. The molecule has 122 valence electrons. The minimum atomic E-state index is -4.05. The Bertz CT molecular complexity index is 368. The van der Waals surface area contributed by atoms with E-state index in [-0.39, 0.29) is 18.4 Å². The minimum Gasteiger partial charge on any atom is -0.375 e. The van der Waals surface area contributed by atoms with Crippen LogP contribution in [-0.4, -0.2) is 23.9 Å². The highest BCUT2D eigenvalue weighted by molar-refractivity contribution is 5.02.